The maximum absolute atomic E-state index is 11.0. The Morgan fingerprint density at radius 3 is 3.00 bits per heavy atom. The molecule has 2 N–H and O–H groups in total. The van der Waals surface area contributed by atoms with Crippen molar-refractivity contribution < 1.29 is 9.59 Å². The molecule has 1 atom stereocenters. The van der Waals surface area contributed by atoms with Gasteiger partial charge in [-0.05, 0) is 12.8 Å². The largest absolute Gasteiger partial charge is 0.347 e. The van der Waals surface area contributed by atoms with Gasteiger partial charge < -0.3 is 10.6 Å². The van der Waals surface area contributed by atoms with Crippen LogP contribution in [0, 0.1) is 0 Å². The molecule has 1 aliphatic rings. The van der Waals surface area contributed by atoms with Gasteiger partial charge in [-0.2, -0.15) is 0 Å². The van der Waals surface area contributed by atoms with E-state index < -0.39 is 0 Å². The molecule has 0 aromatic heterocycles. The van der Waals surface area contributed by atoms with Crippen molar-refractivity contribution in [3.8, 4) is 0 Å². The van der Waals surface area contributed by atoms with Gasteiger partial charge >= 0.3 is 0 Å². The third kappa shape index (κ3) is 1.80. The number of hydrogen-bond acceptors (Lipinski definition) is 2. The molecule has 1 heterocycles. The first kappa shape index (κ1) is 7.78. The molecule has 0 spiro atoms. The van der Waals surface area contributed by atoms with Gasteiger partial charge in [-0.3, -0.25) is 9.59 Å². The summed E-state index contributed by atoms with van der Waals surface area (Å²) in [4.78, 5) is 21.0. The maximum atomic E-state index is 11.0. The predicted octanol–water partition coefficient (Wildman–Crippen LogP) is -0.475. The summed E-state index contributed by atoms with van der Waals surface area (Å²) in [5.41, 5.74) is 0.721. The van der Waals surface area contributed by atoms with Gasteiger partial charge in [0.15, 0.2) is 0 Å². The molecule has 1 rings (SSSR count). The number of nitrogens with one attached hydrogen (secondary N) is 2. The van der Waals surface area contributed by atoms with Gasteiger partial charge in [0.25, 0.3) is 0 Å². The second-order valence-corrected chi connectivity index (χ2v) is 2.47. The fraction of sp³-hybridized carbons (Fsp3) is 0.429. The highest BCUT2D eigenvalue weighted by Gasteiger charge is 2.22. The van der Waals surface area contributed by atoms with Crippen molar-refractivity contribution >= 4 is 12.3 Å². The minimum absolute atomic E-state index is 0.173. The first-order valence-electron chi connectivity index (χ1n) is 3.42. The molecule has 1 saturated heterocycles. The molecule has 1 unspecified atom stereocenters. The summed E-state index contributed by atoms with van der Waals surface area (Å²) in [6, 6.07) is -0.377. The SMILES string of the molecule is C=C1CCC(NC=O)C(=O)N1. The van der Waals surface area contributed by atoms with Crippen LogP contribution in [0.25, 0.3) is 0 Å². The molecule has 0 radical (unpaired) electrons. The van der Waals surface area contributed by atoms with Gasteiger partial charge in [-0.25, -0.2) is 0 Å². The van der Waals surface area contributed by atoms with Gasteiger partial charge in [-0.1, -0.05) is 6.58 Å². The number of rotatable bonds is 2. The third-order valence-corrected chi connectivity index (χ3v) is 1.62. The highest BCUT2D eigenvalue weighted by Crippen LogP contribution is 2.09. The van der Waals surface area contributed by atoms with Crippen molar-refractivity contribution in [1.29, 1.82) is 0 Å². The minimum Gasteiger partial charge on any atom is -0.347 e. The number of hydrogen-bond donors (Lipinski definition) is 2. The number of allylic oxidation sites excluding steroid dienone is 1. The van der Waals surface area contributed by atoms with Crippen LogP contribution >= 0.6 is 0 Å². The van der Waals surface area contributed by atoms with Crippen molar-refractivity contribution in [2.45, 2.75) is 18.9 Å². The van der Waals surface area contributed by atoms with E-state index >= 15 is 0 Å². The second kappa shape index (κ2) is 3.18. The lowest BCUT2D eigenvalue weighted by molar-refractivity contribution is -0.125. The zero-order chi connectivity index (χ0) is 8.27. The number of carbonyl (C=O) groups excluding carboxylic acids is 2. The Kier molecular flexibility index (Phi) is 2.25. The zero-order valence-corrected chi connectivity index (χ0v) is 6.09. The quantitative estimate of drug-likeness (QED) is 0.528. The molecule has 11 heavy (non-hydrogen) atoms. The Hall–Kier alpha value is -1.32. The molecule has 0 saturated carbocycles. The van der Waals surface area contributed by atoms with Crippen LogP contribution in [0.1, 0.15) is 12.8 Å². The topological polar surface area (TPSA) is 58.2 Å². The summed E-state index contributed by atoms with van der Waals surface area (Å²) in [5.74, 6) is -0.173. The molecule has 0 bridgehead atoms. The first-order chi connectivity index (χ1) is 5.24. The Morgan fingerprint density at radius 2 is 2.45 bits per heavy atom. The van der Waals surface area contributed by atoms with Crippen LogP contribution in [0.5, 0.6) is 0 Å². The van der Waals surface area contributed by atoms with E-state index in [2.05, 4.69) is 17.2 Å². The van der Waals surface area contributed by atoms with Gasteiger partial charge in [0.2, 0.25) is 12.3 Å². The van der Waals surface area contributed by atoms with Crippen LogP contribution in [-0.2, 0) is 9.59 Å². The van der Waals surface area contributed by atoms with E-state index in [0.29, 0.717) is 12.8 Å². The van der Waals surface area contributed by atoms with Crippen molar-refractivity contribution in [2.75, 3.05) is 0 Å². The van der Waals surface area contributed by atoms with E-state index in [0.717, 1.165) is 12.1 Å². The monoisotopic (exact) mass is 154 g/mol. The van der Waals surface area contributed by atoms with Crippen LogP contribution in [0.4, 0.5) is 0 Å². The van der Waals surface area contributed by atoms with E-state index in [9.17, 15) is 9.59 Å². The Bertz CT molecular complexity index is 201. The smallest absolute Gasteiger partial charge is 0.246 e. The Balaban J connectivity index is 2.50. The molecular formula is C7H10N2O2. The molecule has 0 aromatic rings. The molecule has 4 nitrogen and oxygen atoms in total. The van der Waals surface area contributed by atoms with Crippen LogP contribution in [0.2, 0.25) is 0 Å². The van der Waals surface area contributed by atoms with Gasteiger partial charge in [0.05, 0.1) is 0 Å². The standard InChI is InChI=1S/C7H10N2O2/c1-5-2-3-6(8-4-10)7(11)9-5/h4,6H,1-3H2,(H,8,10)(H,9,11). The summed E-state index contributed by atoms with van der Waals surface area (Å²) in [6.07, 6.45) is 1.92. The predicted molar refractivity (Wildman–Crippen MR) is 39.5 cm³/mol. The molecular weight excluding hydrogens is 144 g/mol. The van der Waals surface area contributed by atoms with E-state index in [4.69, 9.17) is 0 Å². The van der Waals surface area contributed by atoms with E-state index in [-0.39, 0.29) is 11.9 Å². The first-order valence-corrected chi connectivity index (χ1v) is 3.42. The van der Waals surface area contributed by atoms with Crippen molar-refractivity contribution in [3.05, 3.63) is 12.3 Å². The van der Waals surface area contributed by atoms with E-state index in [1.807, 2.05) is 0 Å². The lowest BCUT2D eigenvalue weighted by atomic mass is 10.1. The summed E-state index contributed by atoms with van der Waals surface area (Å²) in [6.45, 7) is 3.61. The van der Waals surface area contributed by atoms with Gasteiger partial charge in [0.1, 0.15) is 6.04 Å². The maximum Gasteiger partial charge on any atom is 0.246 e. The Morgan fingerprint density at radius 1 is 1.73 bits per heavy atom. The molecule has 1 aliphatic heterocycles. The summed E-state index contributed by atoms with van der Waals surface area (Å²) < 4.78 is 0. The normalized spacial score (nSPS) is 24.2. The number of carbonyl (C=O) groups is 2. The lowest BCUT2D eigenvalue weighted by Gasteiger charge is -2.22. The van der Waals surface area contributed by atoms with E-state index in [1.165, 1.54) is 0 Å². The lowest BCUT2D eigenvalue weighted by Crippen LogP contribution is -2.46. The molecule has 0 aliphatic carbocycles. The summed E-state index contributed by atoms with van der Waals surface area (Å²) >= 11 is 0. The van der Waals surface area contributed by atoms with E-state index in [1.54, 1.807) is 0 Å². The van der Waals surface area contributed by atoms with Crippen LogP contribution < -0.4 is 10.6 Å². The average Bonchev–Trinajstić information content (AvgIpc) is 1.95. The van der Waals surface area contributed by atoms with Crippen LogP contribution in [-0.4, -0.2) is 18.4 Å². The van der Waals surface area contributed by atoms with Crippen LogP contribution in [0.3, 0.4) is 0 Å². The molecule has 1 fully saturated rings. The molecule has 2 amide bonds. The molecule has 0 aromatic carbocycles. The number of piperidine rings is 1. The Labute approximate surface area is 64.7 Å². The third-order valence-electron chi connectivity index (χ3n) is 1.62. The van der Waals surface area contributed by atoms with Crippen LogP contribution in [0.15, 0.2) is 12.3 Å². The van der Waals surface area contributed by atoms with Crippen molar-refractivity contribution in [1.82, 2.24) is 10.6 Å². The van der Waals surface area contributed by atoms with Gasteiger partial charge in [-0.15, -0.1) is 0 Å². The van der Waals surface area contributed by atoms with Gasteiger partial charge in [0, 0.05) is 5.70 Å². The molecule has 4 heteroatoms. The molecule has 60 valence electrons. The van der Waals surface area contributed by atoms with Crippen molar-refractivity contribution in [2.24, 2.45) is 0 Å². The highest BCUT2D eigenvalue weighted by atomic mass is 16.2. The summed E-state index contributed by atoms with van der Waals surface area (Å²) in [5, 5.41) is 4.98. The fourth-order valence-corrected chi connectivity index (χ4v) is 1.01. The highest BCUT2D eigenvalue weighted by molar-refractivity contribution is 5.85. The average molecular weight is 154 g/mol. The fourth-order valence-electron chi connectivity index (χ4n) is 1.01. The second-order valence-electron chi connectivity index (χ2n) is 2.47. The zero-order valence-electron chi connectivity index (χ0n) is 6.09. The summed E-state index contributed by atoms with van der Waals surface area (Å²) in [7, 11) is 0. The number of amides is 2. The minimum atomic E-state index is -0.377. The van der Waals surface area contributed by atoms with Crippen molar-refractivity contribution in [3.63, 3.8) is 0 Å².